The molecule has 4 heteroatoms. The molecule has 0 heterocycles. The Morgan fingerprint density at radius 1 is 1.10 bits per heavy atom. The van der Waals surface area contributed by atoms with Crippen molar-refractivity contribution in [3.05, 3.63) is 70.2 Å². The van der Waals surface area contributed by atoms with E-state index in [-0.39, 0.29) is 5.92 Å². The summed E-state index contributed by atoms with van der Waals surface area (Å²) in [5.74, 6) is -0.932. The van der Waals surface area contributed by atoms with Crippen molar-refractivity contribution >= 4 is 11.6 Å². The molecule has 0 amide bonds. The minimum atomic E-state index is -0.550. The summed E-state index contributed by atoms with van der Waals surface area (Å²) in [4.78, 5) is 0. The number of halogens is 3. The average Bonchev–Trinajstić information content (AvgIpc) is 2.46. The van der Waals surface area contributed by atoms with Crippen LogP contribution < -0.4 is 5.32 Å². The van der Waals surface area contributed by atoms with Gasteiger partial charge in [0.2, 0.25) is 0 Å². The molecule has 0 aromatic heterocycles. The van der Waals surface area contributed by atoms with Crippen LogP contribution >= 0.6 is 11.6 Å². The van der Waals surface area contributed by atoms with E-state index >= 15 is 0 Å². The Kier molecular flexibility index (Phi) is 5.71. The van der Waals surface area contributed by atoms with Gasteiger partial charge < -0.3 is 5.32 Å². The van der Waals surface area contributed by atoms with E-state index in [1.54, 1.807) is 0 Å². The van der Waals surface area contributed by atoms with E-state index < -0.39 is 11.6 Å². The predicted molar refractivity (Wildman–Crippen MR) is 82.8 cm³/mol. The number of nitrogens with one attached hydrogen (secondary N) is 1. The summed E-state index contributed by atoms with van der Waals surface area (Å²) in [6.07, 6.45) is 0.515. The second-order valence-corrected chi connectivity index (χ2v) is 5.43. The molecule has 2 aromatic rings. The molecule has 1 unspecified atom stereocenters. The van der Waals surface area contributed by atoms with Crippen molar-refractivity contribution in [3.8, 4) is 0 Å². The van der Waals surface area contributed by atoms with Gasteiger partial charge in [-0.05, 0) is 42.3 Å². The van der Waals surface area contributed by atoms with Crippen LogP contribution in [0.3, 0.4) is 0 Å². The monoisotopic (exact) mass is 309 g/mol. The third-order valence-corrected chi connectivity index (χ3v) is 3.72. The van der Waals surface area contributed by atoms with Crippen molar-refractivity contribution < 1.29 is 8.78 Å². The van der Waals surface area contributed by atoms with Gasteiger partial charge >= 0.3 is 0 Å². The van der Waals surface area contributed by atoms with Crippen LogP contribution in [0, 0.1) is 11.6 Å². The minimum Gasteiger partial charge on any atom is -0.316 e. The summed E-state index contributed by atoms with van der Waals surface area (Å²) in [5, 5.41) is 3.96. The van der Waals surface area contributed by atoms with Gasteiger partial charge in [0.25, 0.3) is 0 Å². The number of likely N-dealkylation sites (N-methyl/N-ethyl adjacent to an activating group) is 1. The summed E-state index contributed by atoms with van der Waals surface area (Å²) in [6.45, 7) is 3.60. The van der Waals surface area contributed by atoms with Crippen molar-refractivity contribution in [3.63, 3.8) is 0 Å². The molecule has 2 rings (SSSR count). The Morgan fingerprint density at radius 3 is 2.43 bits per heavy atom. The van der Waals surface area contributed by atoms with E-state index in [4.69, 9.17) is 11.6 Å². The number of hydrogen-bond donors (Lipinski definition) is 1. The van der Waals surface area contributed by atoms with Crippen LogP contribution in [0.5, 0.6) is 0 Å². The average molecular weight is 310 g/mol. The van der Waals surface area contributed by atoms with Gasteiger partial charge in [-0.15, -0.1) is 0 Å². The van der Waals surface area contributed by atoms with Gasteiger partial charge in [0.15, 0.2) is 0 Å². The molecule has 0 aliphatic carbocycles. The van der Waals surface area contributed by atoms with Crippen LogP contribution in [-0.4, -0.2) is 13.1 Å². The van der Waals surface area contributed by atoms with E-state index in [0.29, 0.717) is 17.0 Å². The highest BCUT2D eigenvalue weighted by Crippen LogP contribution is 2.24. The van der Waals surface area contributed by atoms with Gasteiger partial charge in [-0.25, -0.2) is 8.78 Å². The van der Waals surface area contributed by atoms with E-state index in [0.717, 1.165) is 24.7 Å². The SMILES string of the molecule is CCNCC(Cc1ccc(F)cc1F)c1ccc(Cl)cc1. The molecule has 0 radical (unpaired) electrons. The van der Waals surface area contributed by atoms with Crippen LogP contribution in [0.1, 0.15) is 24.0 Å². The molecule has 1 N–H and O–H groups in total. The predicted octanol–water partition coefficient (Wildman–Crippen LogP) is 4.55. The zero-order valence-electron chi connectivity index (χ0n) is 11.9. The summed E-state index contributed by atoms with van der Waals surface area (Å²) in [6, 6.07) is 11.3. The molecule has 1 atom stereocenters. The second kappa shape index (κ2) is 7.53. The zero-order chi connectivity index (χ0) is 15.2. The van der Waals surface area contributed by atoms with Gasteiger partial charge in [-0.2, -0.15) is 0 Å². The lowest BCUT2D eigenvalue weighted by atomic mass is 9.91. The molecule has 0 spiro atoms. The van der Waals surface area contributed by atoms with E-state index in [2.05, 4.69) is 5.32 Å². The topological polar surface area (TPSA) is 12.0 Å². The fourth-order valence-electron chi connectivity index (χ4n) is 2.31. The fourth-order valence-corrected chi connectivity index (χ4v) is 2.44. The first-order chi connectivity index (χ1) is 10.1. The molecule has 112 valence electrons. The molecule has 0 saturated heterocycles. The standard InChI is InChI=1S/C17H18ClF2N/c1-2-21-11-14(12-3-6-15(18)7-4-12)9-13-5-8-16(19)10-17(13)20/h3-8,10,14,21H,2,9,11H2,1H3. The zero-order valence-corrected chi connectivity index (χ0v) is 12.6. The molecule has 0 fully saturated rings. The van der Waals surface area contributed by atoms with Crippen LogP contribution in [0.2, 0.25) is 5.02 Å². The first-order valence-corrected chi connectivity index (χ1v) is 7.38. The Morgan fingerprint density at radius 2 is 1.81 bits per heavy atom. The quantitative estimate of drug-likeness (QED) is 0.825. The highest BCUT2D eigenvalue weighted by molar-refractivity contribution is 6.30. The smallest absolute Gasteiger partial charge is 0.129 e. The Labute approximate surface area is 128 Å². The number of rotatable bonds is 6. The summed E-state index contributed by atoms with van der Waals surface area (Å²) in [7, 11) is 0. The molecule has 21 heavy (non-hydrogen) atoms. The van der Waals surface area contributed by atoms with Crippen molar-refractivity contribution in [2.45, 2.75) is 19.3 Å². The van der Waals surface area contributed by atoms with E-state index in [1.807, 2.05) is 31.2 Å². The summed E-state index contributed by atoms with van der Waals surface area (Å²) >= 11 is 5.91. The molecule has 0 aliphatic heterocycles. The number of benzene rings is 2. The largest absolute Gasteiger partial charge is 0.316 e. The lowest BCUT2D eigenvalue weighted by Gasteiger charge is -2.18. The van der Waals surface area contributed by atoms with Gasteiger partial charge in [0.05, 0.1) is 0 Å². The third-order valence-electron chi connectivity index (χ3n) is 3.46. The van der Waals surface area contributed by atoms with E-state index in [1.165, 1.54) is 12.1 Å². The lowest BCUT2D eigenvalue weighted by Crippen LogP contribution is -2.23. The Balaban J connectivity index is 2.21. The van der Waals surface area contributed by atoms with E-state index in [9.17, 15) is 8.78 Å². The van der Waals surface area contributed by atoms with Gasteiger partial charge in [0.1, 0.15) is 11.6 Å². The van der Waals surface area contributed by atoms with Crippen LogP contribution in [-0.2, 0) is 6.42 Å². The summed E-state index contributed by atoms with van der Waals surface area (Å²) in [5.41, 5.74) is 1.61. The molecule has 2 aromatic carbocycles. The molecule has 0 saturated carbocycles. The Hall–Kier alpha value is -1.45. The fraction of sp³-hybridized carbons (Fsp3) is 0.294. The second-order valence-electron chi connectivity index (χ2n) is 5.00. The minimum absolute atomic E-state index is 0.113. The maximum absolute atomic E-state index is 13.8. The van der Waals surface area contributed by atoms with Crippen molar-refractivity contribution in [1.29, 1.82) is 0 Å². The van der Waals surface area contributed by atoms with Gasteiger partial charge in [0, 0.05) is 23.6 Å². The Bertz CT molecular complexity index is 584. The maximum Gasteiger partial charge on any atom is 0.129 e. The third kappa shape index (κ3) is 4.51. The van der Waals surface area contributed by atoms with Crippen molar-refractivity contribution in [2.24, 2.45) is 0 Å². The number of hydrogen-bond acceptors (Lipinski definition) is 1. The van der Waals surface area contributed by atoms with Crippen molar-refractivity contribution in [1.82, 2.24) is 5.32 Å². The van der Waals surface area contributed by atoms with Crippen molar-refractivity contribution in [2.75, 3.05) is 13.1 Å². The van der Waals surface area contributed by atoms with Crippen LogP contribution in [0.4, 0.5) is 8.78 Å². The first kappa shape index (κ1) is 15.9. The van der Waals surface area contributed by atoms with Gasteiger partial charge in [-0.1, -0.05) is 36.7 Å². The van der Waals surface area contributed by atoms with Crippen LogP contribution in [0.25, 0.3) is 0 Å². The normalized spacial score (nSPS) is 12.4. The van der Waals surface area contributed by atoms with Gasteiger partial charge in [-0.3, -0.25) is 0 Å². The van der Waals surface area contributed by atoms with Crippen LogP contribution in [0.15, 0.2) is 42.5 Å². The molecular weight excluding hydrogens is 292 g/mol. The highest BCUT2D eigenvalue weighted by Gasteiger charge is 2.15. The first-order valence-electron chi connectivity index (χ1n) is 7.00. The molecular formula is C17H18ClF2N. The molecule has 1 nitrogen and oxygen atoms in total. The maximum atomic E-state index is 13.8. The molecule has 0 bridgehead atoms. The molecule has 0 aliphatic rings. The summed E-state index contributed by atoms with van der Waals surface area (Å²) < 4.78 is 26.8. The highest BCUT2D eigenvalue weighted by atomic mass is 35.5. The lowest BCUT2D eigenvalue weighted by molar-refractivity contribution is 0.547.